The van der Waals surface area contributed by atoms with Gasteiger partial charge in [0.15, 0.2) is 12.2 Å². The van der Waals surface area contributed by atoms with E-state index in [0.717, 1.165) is 0 Å². The molecule has 0 bridgehead atoms. The topological polar surface area (TPSA) is 73.9 Å². The minimum absolute atomic E-state index is 0.321. The highest BCUT2D eigenvalue weighted by Gasteiger charge is 2.23. The van der Waals surface area contributed by atoms with Crippen molar-refractivity contribution in [2.75, 3.05) is 12.4 Å². The first kappa shape index (κ1) is 19.2. The molecule has 0 radical (unpaired) electrons. The van der Waals surface area contributed by atoms with Crippen molar-refractivity contribution < 1.29 is 28.2 Å². The van der Waals surface area contributed by atoms with Crippen LogP contribution in [-0.4, -0.2) is 31.2 Å². The third kappa shape index (κ3) is 5.20. The second-order valence-corrected chi connectivity index (χ2v) is 5.48. The van der Waals surface area contributed by atoms with Gasteiger partial charge in [0.25, 0.3) is 5.91 Å². The Kier molecular flexibility index (Phi) is 6.54. The van der Waals surface area contributed by atoms with Gasteiger partial charge in [-0.1, -0.05) is 12.1 Å². The van der Waals surface area contributed by atoms with Crippen molar-refractivity contribution in [2.24, 2.45) is 0 Å². The van der Waals surface area contributed by atoms with Gasteiger partial charge >= 0.3 is 5.97 Å². The Morgan fingerprint density at radius 3 is 2.31 bits per heavy atom. The van der Waals surface area contributed by atoms with Crippen LogP contribution in [0.4, 0.5) is 10.1 Å². The maximum atomic E-state index is 12.9. The van der Waals surface area contributed by atoms with Crippen LogP contribution in [0, 0.1) is 5.82 Å². The maximum Gasteiger partial charge on any atom is 0.347 e. The van der Waals surface area contributed by atoms with Gasteiger partial charge in [-0.2, -0.15) is 0 Å². The molecule has 0 aliphatic carbocycles. The summed E-state index contributed by atoms with van der Waals surface area (Å²) in [6.07, 6.45) is -1.99. The van der Waals surface area contributed by atoms with E-state index < -0.39 is 29.9 Å². The Hall–Kier alpha value is -3.09. The van der Waals surface area contributed by atoms with E-state index >= 15 is 0 Å². The van der Waals surface area contributed by atoms with Crippen LogP contribution in [0.5, 0.6) is 11.5 Å². The average molecular weight is 361 g/mol. The first-order valence-electron chi connectivity index (χ1n) is 7.97. The van der Waals surface area contributed by atoms with E-state index in [4.69, 9.17) is 14.2 Å². The van der Waals surface area contributed by atoms with E-state index in [1.54, 1.807) is 24.3 Å². The Morgan fingerprint density at radius 2 is 1.65 bits per heavy atom. The molecule has 1 amide bonds. The van der Waals surface area contributed by atoms with Crippen molar-refractivity contribution in [1.29, 1.82) is 0 Å². The highest BCUT2D eigenvalue weighted by Crippen LogP contribution is 2.23. The van der Waals surface area contributed by atoms with Gasteiger partial charge in [0.2, 0.25) is 0 Å². The fourth-order valence-electron chi connectivity index (χ4n) is 2.07. The van der Waals surface area contributed by atoms with Crippen molar-refractivity contribution in [3.8, 4) is 11.5 Å². The number of anilines is 1. The van der Waals surface area contributed by atoms with Crippen LogP contribution < -0.4 is 14.8 Å². The summed E-state index contributed by atoms with van der Waals surface area (Å²) in [6, 6.07) is 12.1. The molecule has 0 saturated carbocycles. The second kappa shape index (κ2) is 8.84. The number of para-hydroxylation sites is 2. The summed E-state index contributed by atoms with van der Waals surface area (Å²) in [5, 5.41) is 2.64. The lowest BCUT2D eigenvalue weighted by molar-refractivity contribution is -0.159. The van der Waals surface area contributed by atoms with Crippen LogP contribution in [0.25, 0.3) is 0 Å². The largest absolute Gasteiger partial charge is 0.495 e. The Bertz CT molecular complexity index is 763. The molecule has 2 rings (SSSR count). The van der Waals surface area contributed by atoms with Gasteiger partial charge in [-0.15, -0.1) is 0 Å². The van der Waals surface area contributed by atoms with Crippen molar-refractivity contribution in [2.45, 2.75) is 26.1 Å². The van der Waals surface area contributed by atoms with Crippen molar-refractivity contribution in [3.05, 3.63) is 54.3 Å². The summed E-state index contributed by atoms with van der Waals surface area (Å²) in [4.78, 5) is 24.3. The van der Waals surface area contributed by atoms with Crippen LogP contribution in [0.1, 0.15) is 13.8 Å². The normalized spacial score (nSPS) is 12.6. The fourth-order valence-corrected chi connectivity index (χ4v) is 2.07. The smallest absolute Gasteiger partial charge is 0.347 e. The molecule has 2 aromatic carbocycles. The van der Waals surface area contributed by atoms with Gasteiger partial charge in [-0.05, 0) is 50.2 Å². The molecule has 138 valence electrons. The third-order valence-corrected chi connectivity index (χ3v) is 3.49. The molecule has 2 atom stereocenters. The zero-order valence-electron chi connectivity index (χ0n) is 14.7. The summed E-state index contributed by atoms with van der Waals surface area (Å²) in [5.41, 5.74) is 0.471. The number of amides is 1. The molecular formula is C19H20FNO5. The van der Waals surface area contributed by atoms with Crippen LogP contribution in [-0.2, 0) is 14.3 Å². The average Bonchev–Trinajstić information content (AvgIpc) is 2.63. The van der Waals surface area contributed by atoms with Gasteiger partial charge in [0.1, 0.15) is 17.3 Å². The number of hydrogen-bond donors (Lipinski definition) is 1. The fraction of sp³-hybridized carbons (Fsp3) is 0.263. The standard InChI is InChI=1S/C19H20FNO5/c1-12(18(22)21-16-6-4-5-7-17(16)24-3)26-19(23)13(2)25-15-10-8-14(20)9-11-15/h4-13H,1-3H3,(H,21,22)/t12-,13-/m1/s1. The molecule has 0 unspecified atom stereocenters. The number of benzene rings is 2. The Balaban J connectivity index is 1.90. The van der Waals surface area contributed by atoms with Crippen LogP contribution in [0.3, 0.4) is 0 Å². The van der Waals surface area contributed by atoms with E-state index in [1.165, 1.54) is 45.2 Å². The number of halogens is 1. The van der Waals surface area contributed by atoms with Gasteiger partial charge in [0.05, 0.1) is 12.8 Å². The number of carbonyl (C=O) groups excluding carboxylic acids is 2. The molecular weight excluding hydrogens is 341 g/mol. The van der Waals surface area contributed by atoms with Crippen molar-refractivity contribution >= 4 is 17.6 Å². The molecule has 6 nitrogen and oxygen atoms in total. The van der Waals surface area contributed by atoms with Gasteiger partial charge in [-0.25, -0.2) is 9.18 Å². The number of ether oxygens (including phenoxy) is 3. The second-order valence-electron chi connectivity index (χ2n) is 5.48. The van der Waals surface area contributed by atoms with Crippen molar-refractivity contribution in [3.63, 3.8) is 0 Å². The molecule has 2 aromatic rings. The molecule has 26 heavy (non-hydrogen) atoms. The van der Waals surface area contributed by atoms with E-state index in [2.05, 4.69) is 5.32 Å². The SMILES string of the molecule is COc1ccccc1NC(=O)[C@@H](C)OC(=O)[C@@H](C)Oc1ccc(F)cc1. The lowest BCUT2D eigenvalue weighted by atomic mass is 10.2. The molecule has 7 heteroatoms. The Morgan fingerprint density at radius 1 is 1.00 bits per heavy atom. The minimum Gasteiger partial charge on any atom is -0.495 e. The summed E-state index contributed by atoms with van der Waals surface area (Å²) in [6.45, 7) is 2.93. The van der Waals surface area contributed by atoms with Gasteiger partial charge in [-0.3, -0.25) is 4.79 Å². The van der Waals surface area contributed by atoms with E-state index in [-0.39, 0.29) is 0 Å². The number of esters is 1. The maximum absolute atomic E-state index is 12.9. The highest BCUT2D eigenvalue weighted by atomic mass is 19.1. The highest BCUT2D eigenvalue weighted by molar-refractivity contribution is 5.96. The molecule has 0 fully saturated rings. The summed E-state index contributed by atoms with van der Waals surface area (Å²) in [7, 11) is 1.49. The Labute approximate surface area is 150 Å². The molecule has 0 aromatic heterocycles. The minimum atomic E-state index is -1.04. The lowest BCUT2D eigenvalue weighted by Crippen LogP contribution is -2.35. The van der Waals surface area contributed by atoms with Crippen molar-refractivity contribution in [1.82, 2.24) is 0 Å². The summed E-state index contributed by atoms with van der Waals surface area (Å²) < 4.78 is 28.5. The monoisotopic (exact) mass is 361 g/mol. The number of hydrogen-bond acceptors (Lipinski definition) is 5. The predicted molar refractivity (Wildman–Crippen MR) is 93.7 cm³/mol. The number of nitrogens with one attached hydrogen (secondary N) is 1. The third-order valence-electron chi connectivity index (χ3n) is 3.49. The van der Waals surface area contributed by atoms with E-state index in [9.17, 15) is 14.0 Å². The molecule has 0 heterocycles. The van der Waals surface area contributed by atoms with Crippen LogP contribution >= 0.6 is 0 Å². The first-order valence-corrected chi connectivity index (χ1v) is 7.97. The molecule has 0 aliphatic heterocycles. The predicted octanol–water partition coefficient (Wildman–Crippen LogP) is 3.17. The first-order chi connectivity index (χ1) is 12.4. The number of carbonyl (C=O) groups is 2. The number of rotatable bonds is 7. The summed E-state index contributed by atoms with van der Waals surface area (Å²) in [5.74, 6) is -0.808. The zero-order valence-corrected chi connectivity index (χ0v) is 14.7. The van der Waals surface area contributed by atoms with Gasteiger partial charge in [0, 0.05) is 0 Å². The molecule has 0 spiro atoms. The lowest BCUT2D eigenvalue weighted by Gasteiger charge is -2.18. The van der Waals surface area contributed by atoms with Crippen LogP contribution in [0.15, 0.2) is 48.5 Å². The molecule has 0 saturated heterocycles. The van der Waals surface area contributed by atoms with Gasteiger partial charge < -0.3 is 19.5 Å². The zero-order chi connectivity index (χ0) is 19.1. The van der Waals surface area contributed by atoms with E-state index in [0.29, 0.717) is 17.2 Å². The van der Waals surface area contributed by atoms with Crippen LogP contribution in [0.2, 0.25) is 0 Å². The quantitative estimate of drug-likeness (QED) is 0.767. The number of methoxy groups -OCH3 is 1. The molecule has 0 aliphatic rings. The molecule has 1 N–H and O–H groups in total. The summed E-state index contributed by atoms with van der Waals surface area (Å²) >= 11 is 0. The van der Waals surface area contributed by atoms with E-state index in [1.807, 2.05) is 0 Å².